The van der Waals surface area contributed by atoms with E-state index < -0.39 is 12.1 Å². The van der Waals surface area contributed by atoms with Crippen molar-refractivity contribution in [3.8, 4) is 5.75 Å². The zero-order valence-electron chi connectivity index (χ0n) is 18.3. The fourth-order valence-electron chi connectivity index (χ4n) is 4.36. The smallest absolute Gasteiger partial charge is 0.170 e. The number of Topliss-reactive ketones (excluding diaryl/α,β-unsaturated/α-hetero) is 1. The van der Waals surface area contributed by atoms with E-state index in [1.807, 2.05) is 66.7 Å². The third-order valence-electron chi connectivity index (χ3n) is 6.13. The number of nitrogens with two attached hydrogens (primary N) is 2. The molecule has 3 atom stereocenters. The first kappa shape index (κ1) is 22.2. The minimum Gasteiger partial charge on any atom is -0.489 e. The molecular formula is C27H31N3O2. The van der Waals surface area contributed by atoms with Gasteiger partial charge in [-0.2, -0.15) is 0 Å². The molecule has 1 aliphatic heterocycles. The van der Waals surface area contributed by atoms with Crippen LogP contribution in [-0.4, -0.2) is 29.4 Å². The first-order chi connectivity index (χ1) is 15.6. The fraction of sp³-hybridized carbons (Fsp3) is 0.296. The third-order valence-corrected chi connectivity index (χ3v) is 6.13. The van der Waals surface area contributed by atoms with E-state index in [2.05, 4.69) is 17.0 Å². The molecule has 3 unspecified atom stereocenters. The van der Waals surface area contributed by atoms with Gasteiger partial charge in [-0.05, 0) is 36.1 Å². The van der Waals surface area contributed by atoms with E-state index in [1.165, 1.54) is 5.56 Å². The van der Waals surface area contributed by atoms with Crippen LogP contribution in [0.25, 0.3) is 0 Å². The molecular weight excluding hydrogens is 398 g/mol. The molecule has 166 valence electrons. The molecule has 5 heteroatoms. The van der Waals surface area contributed by atoms with E-state index in [1.54, 1.807) is 6.07 Å². The van der Waals surface area contributed by atoms with E-state index in [0.29, 0.717) is 24.5 Å². The highest BCUT2D eigenvalue weighted by Gasteiger charge is 2.37. The van der Waals surface area contributed by atoms with Crippen LogP contribution in [-0.2, 0) is 13.2 Å². The Bertz CT molecular complexity index is 1010. The molecule has 32 heavy (non-hydrogen) atoms. The number of ether oxygens (including phenoxy) is 1. The molecule has 3 aromatic rings. The monoisotopic (exact) mass is 429 g/mol. The van der Waals surface area contributed by atoms with Gasteiger partial charge in [0.25, 0.3) is 0 Å². The predicted molar refractivity (Wildman–Crippen MR) is 127 cm³/mol. The second kappa shape index (κ2) is 10.6. The number of hydrogen-bond acceptors (Lipinski definition) is 5. The van der Waals surface area contributed by atoms with E-state index in [9.17, 15) is 4.79 Å². The Kier molecular flexibility index (Phi) is 7.32. The van der Waals surface area contributed by atoms with Crippen LogP contribution < -0.4 is 16.2 Å². The van der Waals surface area contributed by atoms with E-state index in [4.69, 9.17) is 16.2 Å². The van der Waals surface area contributed by atoms with Gasteiger partial charge in [-0.25, -0.2) is 0 Å². The van der Waals surface area contributed by atoms with E-state index >= 15 is 0 Å². The number of likely N-dealkylation sites (tertiary alicyclic amines) is 1. The Balaban J connectivity index is 1.49. The molecule has 4 N–H and O–H groups in total. The van der Waals surface area contributed by atoms with Gasteiger partial charge in [-0.3, -0.25) is 9.69 Å². The summed E-state index contributed by atoms with van der Waals surface area (Å²) < 4.78 is 5.92. The van der Waals surface area contributed by atoms with Gasteiger partial charge >= 0.3 is 0 Å². The maximum atomic E-state index is 13.6. The summed E-state index contributed by atoms with van der Waals surface area (Å²) in [5, 5.41) is 0. The minimum absolute atomic E-state index is 0.0184. The molecule has 0 saturated carbocycles. The summed E-state index contributed by atoms with van der Waals surface area (Å²) in [7, 11) is 0. The summed E-state index contributed by atoms with van der Waals surface area (Å²) >= 11 is 0. The van der Waals surface area contributed by atoms with Crippen molar-refractivity contribution < 1.29 is 9.53 Å². The molecule has 1 aliphatic rings. The van der Waals surface area contributed by atoms with Crippen molar-refractivity contribution in [3.05, 3.63) is 102 Å². The number of rotatable bonds is 7. The van der Waals surface area contributed by atoms with Gasteiger partial charge in [0, 0.05) is 24.7 Å². The molecule has 0 bridgehead atoms. The van der Waals surface area contributed by atoms with Crippen molar-refractivity contribution in [3.63, 3.8) is 0 Å². The van der Waals surface area contributed by atoms with Crippen LogP contribution in [0.15, 0.2) is 84.9 Å². The first-order valence-corrected chi connectivity index (χ1v) is 11.2. The lowest BCUT2D eigenvalue weighted by Gasteiger charge is -2.33. The van der Waals surface area contributed by atoms with Crippen LogP contribution >= 0.6 is 0 Å². The summed E-state index contributed by atoms with van der Waals surface area (Å²) in [6.07, 6.45) is 1.26. The second-order valence-electron chi connectivity index (χ2n) is 8.44. The average molecular weight is 430 g/mol. The van der Waals surface area contributed by atoms with Crippen LogP contribution in [0.5, 0.6) is 5.75 Å². The zero-order chi connectivity index (χ0) is 22.3. The summed E-state index contributed by atoms with van der Waals surface area (Å²) in [6.45, 7) is 1.98. The SMILES string of the molecule is NC1CCCN(Cc2ccccc2)C(N)C1C(=O)c1cccc(OCc2ccccc2)c1. The van der Waals surface area contributed by atoms with Gasteiger partial charge in [0.05, 0.1) is 12.1 Å². The summed E-state index contributed by atoms with van der Waals surface area (Å²) in [4.78, 5) is 15.7. The van der Waals surface area contributed by atoms with Gasteiger partial charge in [0.1, 0.15) is 12.4 Å². The lowest BCUT2D eigenvalue weighted by molar-refractivity contribution is 0.0768. The van der Waals surface area contributed by atoms with Gasteiger partial charge in [0.15, 0.2) is 5.78 Å². The lowest BCUT2D eigenvalue weighted by atomic mass is 9.87. The minimum atomic E-state index is -0.467. The Morgan fingerprint density at radius 1 is 0.906 bits per heavy atom. The highest BCUT2D eigenvalue weighted by molar-refractivity contribution is 5.99. The van der Waals surface area contributed by atoms with Crippen molar-refractivity contribution in [2.75, 3.05) is 6.54 Å². The quantitative estimate of drug-likeness (QED) is 0.556. The summed E-state index contributed by atoms with van der Waals surface area (Å²) in [6, 6.07) is 27.3. The second-order valence-corrected chi connectivity index (χ2v) is 8.44. The van der Waals surface area contributed by atoms with Crippen molar-refractivity contribution in [2.45, 2.75) is 38.2 Å². The molecule has 3 aromatic carbocycles. The summed E-state index contributed by atoms with van der Waals surface area (Å²) in [5.41, 5.74) is 16.0. The Hall–Kier alpha value is -2.99. The molecule has 1 heterocycles. The molecule has 5 nitrogen and oxygen atoms in total. The topological polar surface area (TPSA) is 81.6 Å². The maximum Gasteiger partial charge on any atom is 0.170 e. The largest absolute Gasteiger partial charge is 0.489 e. The fourth-order valence-corrected chi connectivity index (χ4v) is 4.36. The van der Waals surface area contributed by atoms with Crippen LogP contribution in [0.3, 0.4) is 0 Å². The van der Waals surface area contributed by atoms with Crippen LogP contribution in [0.4, 0.5) is 0 Å². The Morgan fingerprint density at radius 3 is 2.31 bits per heavy atom. The standard InChI is InChI=1S/C27H31N3O2/c28-24-15-8-16-30(18-20-9-3-1-4-10-20)27(29)25(24)26(31)22-13-7-14-23(17-22)32-19-21-11-5-2-6-12-21/h1-7,9-14,17,24-25,27H,8,15-16,18-19,28-29H2. The summed E-state index contributed by atoms with van der Waals surface area (Å²) in [5.74, 6) is 0.178. The molecule has 1 fully saturated rings. The average Bonchev–Trinajstić information content (AvgIpc) is 2.96. The predicted octanol–water partition coefficient (Wildman–Crippen LogP) is 3.97. The third kappa shape index (κ3) is 5.43. The number of nitrogens with zero attached hydrogens (tertiary/aromatic N) is 1. The van der Waals surface area contributed by atoms with E-state index in [-0.39, 0.29) is 11.8 Å². The van der Waals surface area contributed by atoms with Gasteiger partial charge in [0.2, 0.25) is 0 Å². The zero-order valence-corrected chi connectivity index (χ0v) is 18.3. The number of carbonyl (C=O) groups excluding carboxylic acids is 1. The van der Waals surface area contributed by atoms with Crippen molar-refractivity contribution >= 4 is 5.78 Å². The molecule has 0 aromatic heterocycles. The highest BCUT2D eigenvalue weighted by Crippen LogP contribution is 2.26. The normalized spacial score (nSPS) is 21.6. The number of benzene rings is 3. The van der Waals surface area contributed by atoms with Crippen LogP contribution in [0.1, 0.15) is 34.3 Å². The highest BCUT2D eigenvalue weighted by atomic mass is 16.5. The lowest BCUT2D eigenvalue weighted by Crippen LogP contribution is -2.53. The number of carbonyl (C=O) groups is 1. The van der Waals surface area contributed by atoms with Crippen molar-refractivity contribution in [1.82, 2.24) is 4.90 Å². The first-order valence-electron chi connectivity index (χ1n) is 11.2. The molecule has 1 saturated heterocycles. The molecule has 4 rings (SSSR count). The van der Waals surface area contributed by atoms with Crippen molar-refractivity contribution in [1.29, 1.82) is 0 Å². The number of hydrogen-bond donors (Lipinski definition) is 2. The molecule has 0 aliphatic carbocycles. The maximum absolute atomic E-state index is 13.6. The van der Waals surface area contributed by atoms with E-state index in [0.717, 1.165) is 24.9 Å². The number of ketones is 1. The van der Waals surface area contributed by atoms with Gasteiger partial charge in [-0.1, -0.05) is 72.8 Å². The Morgan fingerprint density at radius 2 is 1.59 bits per heavy atom. The molecule has 0 radical (unpaired) electrons. The van der Waals surface area contributed by atoms with Gasteiger partial charge in [-0.15, -0.1) is 0 Å². The van der Waals surface area contributed by atoms with Crippen molar-refractivity contribution in [2.24, 2.45) is 17.4 Å². The molecule has 0 spiro atoms. The van der Waals surface area contributed by atoms with Gasteiger partial charge < -0.3 is 16.2 Å². The molecule has 0 amide bonds. The Labute approximate surface area is 190 Å². The van der Waals surface area contributed by atoms with Crippen LogP contribution in [0, 0.1) is 5.92 Å². The van der Waals surface area contributed by atoms with Crippen LogP contribution in [0.2, 0.25) is 0 Å².